The van der Waals surface area contributed by atoms with Crippen molar-refractivity contribution in [2.24, 2.45) is 5.92 Å². The zero-order valence-electron chi connectivity index (χ0n) is 23.0. The molecule has 0 spiro atoms. The topological polar surface area (TPSA) is 112 Å². The molecule has 0 unspecified atom stereocenters. The summed E-state index contributed by atoms with van der Waals surface area (Å²) in [5.74, 6) is 1.20. The third-order valence-corrected chi connectivity index (χ3v) is 6.04. The lowest BCUT2D eigenvalue weighted by atomic mass is 10.0. The number of H-pyrrole nitrogens is 1. The van der Waals surface area contributed by atoms with E-state index >= 15 is 0 Å². The number of aromatic amines is 1. The van der Waals surface area contributed by atoms with E-state index in [0.717, 1.165) is 23.3 Å². The van der Waals surface area contributed by atoms with Crippen molar-refractivity contribution in [2.75, 3.05) is 22.1 Å². The normalized spacial score (nSPS) is 11.9. The Morgan fingerprint density at radius 1 is 0.975 bits per heavy atom. The van der Waals surface area contributed by atoms with Crippen molar-refractivity contribution in [3.63, 3.8) is 0 Å². The number of nitrogens with zero attached hydrogens (tertiary/aromatic N) is 5. The van der Waals surface area contributed by atoms with Gasteiger partial charge < -0.3 is 15.5 Å². The van der Waals surface area contributed by atoms with Crippen molar-refractivity contribution in [1.29, 1.82) is 0 Å². The number of aromatic nitrogens is 5. The monoisotopic (exact) mass is 540 g/mol. The predicted octanol–water partition coefficient (Wildman–Crippen LogP) is 6.55. The molecule has 0 aliphatic carbocycles. The fraction of sp³-hybridized carbons (Fsp3) is 0.233. The van der Waals surface area contributed by atoms with Crippen molar-refractivity contribution in [1.82, 2.24) is 25.6 Å². The second-order valence-corrected chi connectivity index (χ2v) is 9.60. The lowest BCUT2D eigenvalue weighted by molar-refractivity contribution is 0.262. The molecule has 2 heterocycles. The van der Waals surface area contributed by atoms with Crippen LogP contribution in [0.4, 0.5) is 26.4 Å². The van der Waals surface area contributed by atoms with Crippen molar-refractivity contribution in [3.05, 3.63) is 102 Å². The smallest absolute Gasteiger partial charge is 0.323 e. The number of halogens is 1. The number of hydrogen-bond donors (Lipinski definition) is 3. The highest BCUT2D eigenvalue weighted by atomic mass is 19.1. The number of pyridine rings is 1. The van der Waals surface area contributed by atoms with E-state index in [9.17, 15) is 9.18 Å². The summed E-state index contributed by atoms with van der Waals surface area (Å²) in [6, 6.07) is 19.0. The average molecular weight is 541 g/mol. The third-order valence-electron chi connectivity index (χ3n) is 6.04. The van der Waals surface area contributed by atoms with Gasteiger partial charge in [-0.15, -0.1) is 5.10 Å². The van der Waals surface area contributed by atoms with Gasteiger partial charge in [0, 0.05) is 41.7 Å². The molecule has 0 saturated heterocycles. The second kappa shape index (κ2) is 13.3. The van der Waals surface area contributed by atoms with Gasteiger partial charge in [0.1, 0.15) is 11.6 Å². The maximum atomic E-state index is 13.3. The first-order valence-corrected chi connectivity index (χ1v) is 13.1. The number of urea groups is 1. The van der Waals surface area contributed by atoms with Gasteiger partial charge in [0.2, 0.25) is 0 Å². The van der Waals surface area contributed by atoms with E-state index in [-0.39, 0.29) is 5.82 Å². The van der Waals surface area contributed by atoms with E-state index in [1.807, 2.05) is 56.3 Å². The van der Waals surface area contributed by atoms with Crippen molar-refractivity contribution >= 4 is 34.4 Å². The van der Waals surface area contributed by atoms with Gasteiger partial charge in [-0.2, -0.15) is 0 Å². The molecule has 0 radical (unpaired) electrons. The number of hydrogen-bond acceptors (Lipinski definition) is 6. The molecule has 0 aliphatic rings. The van der Waals surface area contributed by atoms with E-state index in [1.54, 1.807) is 0 Å². The SMILES string of the molecule is C/C=C(\C(=C/C)c1nnn[nH]1)c1cc(NC(=O)Nc2ccc(F)cc2)cc(N(Cc2ccccc2)CC(C)C)n1. The Morgan fingerprint density at radius 2 is 1.68 bits per heavy atom. The number of amides is 2. The van der Waals surface area contributed by atoms with Gasteiger partial charge in [-0.05, 0) is 66.1 Å². The molecule has 40 heavy (non-hydrogen) atoms. The Labute approximate surface area is 233 Å². The molecule has 2 amide bonds. The molecule has 10 heteroatoms. The fourth-order valence-corrected chi connectivity index (χ4v) is 4.33. The van der Waals surface area contributed by atoms with Gasteiger partial charge in [0.25, 0.3) is 0 Å². The van der Waals surface area contributed by atoms with Crippen LogP contribution >= 0.6 is 0 Å². The molecule has 0 fully saturated rings. The van der Waals surface area contributed by atoms with Crippen LogP contribution in [0.3, 0.4) is 0 Å². The lowest BCUT2D eigenvalue weighted by Crippen LogP contribution is -2.28. The number of allylic oxidation sites excluding steroid dienone is 4. The Kier molecular flexibility index (Phi) is 9.35. The van der Waals surface area contributed by atoms with E-state index in [2.05, 4.69) is 62.1 Å². The molecular weight excluding hydrogens is 507 g/mol. The van der Waals surface area contributed by atoms with Crippen LogP contribution in [0.15, 0.2) is 78.9 Å². The minimum atomic E-state index is -0.458. The molecule has 4 aromatic rings. The molecule has 0 atom stereocenters. The van der Waals surface area contributed by atoms with Gasteiger partial charge in [0.15, 0.2) is 5.82 Å². The average Bonchev–Trinajstić information content (AvgIpc) is 3.47. The molecule has 0 saturated carbocycles. The zero-order chi connectivity index (χ0) is 28.5. The van der Waals surface area contributed by atoms with Crippen LogP contribution in [0, 0.1) is 11.7 Å². The molecular formula is C30H33FN8O. The Bertz CT molecular complexity index is 1470. The van der Waals surface area contributed by atoms with Crippen LogP contribution in [0.2, 0.25) is 0 Å². The highest BCUT2D eigenvalue weighted by molar-refractivity contribution is 6.04. The first kappa shape index (κ1) is 28.2. The maximum absolute atomic E-state index is 13.3. The highest BCUT2D eigenvalue weighted by Gasteiger charge is 2.19. The second-order valence-electron chi connectivity index (χ2n) is 9.60. The van der Waals surface area contributed by atoms with Gasteiger partial charge >= 0.3 is 6.03 Å². The minimum Gasteiger partial charge on any atom is -0.352 e. The van der Waals surface area contributed by atoms with E-state index in [4.69, 9.17) is 4.98 Å². The summed E-state index contributed by atoms with van der Waals surface area (Å²) in [6.07, 6.45) is 3.85. The number of carbonyl (C=O) groups excluding carboxylic acids is 1. The van der Waals surface area contributed by atoms with Crippen molar-refractivity contribution in [2.45, 2.75) is 34.2 Å². The number of rotatable bonds is 10. The molecule has 2 aromatic carbocycles. The number of nitrogens with one attached hydrogen (secondary N) is 3. The summed E-state index contributed by atoms with van der Waals surface area (Å²) in [5.41, 5.74) is 4.39. The van der Waals surface area contributed by atoms with E-state index in [1.165, 1.54) is 24.3 Å². The van der Waals surface area contributed by atoms with Crippen LogP contribution in [-0.2, 0) is 6.54 Å². The van der Waals surface area contributed by atoms with Gasteiger partial charge in [-0.3, -0.25) is 0 Å². The first-order valence-electron chi connectivity index (χ1n) is 13.1. The van der Waals surface area contributed by atoms with Crippen LogP contribution in [0.1, 0.15) is 44.8 Å². The largest absolute Gasteiger partial charge is 0.352 e. The van der Waals surface area contributed by atoms with Crippen LogP contribution < -0.4 is 15.5 Å². The lowest BCUT2D eigenvalue weighted by Gasteiger charge is -2.27. The standard InChI is InChI=1S/C30H33FN8O/c1-5-25(26(6-2)29-35-37-38-36-29)27-16-24(33-30(40)32-23-14-12-22(31)13-15-23)17-28(34-27)39(18-20(3)4)19-21-10-8-7-9-11-21/h5-17,20H,18-19H2,1-4H3,(H2,32,33,34,40)(H,35,36,37,38)/b25-5+,26-6+. The maximum Gasteiger partial charge on any atom is 0.323 e. The summed E-state index contributed by atoms with van der Waals surface area (Å²) in [7, 11) is 0. The van der Waals surface area contributed by atoms with E-state index < -0.39 is 6.03 Å². The Hall–Kier alpha value is -4.86. The molecule has 206 valence electrons. The molecule has 3 N–H and O–H groups in total. The number of benzene rings is 2. The summed E-state index contributed by atoms with van der Waals surface area (Å²) in [5, 5.41) is 20.0. The zero-order valence-corrected chi connectivity index (χ0v) is 23.0. The predicted molar refractivity (Wildman–Crippen MR) is 157 cm³/mol. The minimum absolute atomic E-state index is 0.361. The van der Waals surface area contributed by atoms with Crippen molar-refractivity contribution < 1.29 is 9.18 Å². The summed E-state index contributed by atoms with van der Waals surface area (Å²) >= 11 is 0. The summed E-state index contributed by atoms with van der Waals surface area (Å²) < 4.78 is 13.3. The van der Waals surface area contributed by atoms with Crippen molar-refractivity contribution in [3.8, 4) is 0 Å². The van der Waals surface area contributed by atoms with Crippen LogP contribution in [-0.4, -0.2) is 38.2 Å². The molecule has 9 nitrogen and oxygen atoms in total. The summed E-state index contributed by atoms with van der Waals surface area (Å²) in [4.78, 5) is 20.2. The Balaban J connectivity index is 1.74. The molecule has 4 rings (SSSR count). The third kappa shape index (κ3) is 7.37. The Morgan fingerprint density at radius 3 is 2.30 bits per heavy atom. The van der Waals surface area contributed by atoms with E-state index in [0.29, 0.717) is 41.2 Å². The van der Waals surface area contributed by atoms with Crippen LogP contribution in [0.5, 0.6) is 0 Å². The quantitative estimate of drug-likeness (QED) is 0.197. The number of anilines is 3. The summed E-state index contributed by atoms with van der Waals surface area (Å²) in [6.45, 7) is 9.53. The van der Waals surface area contributed by atoms with Gasteiger partial charge in [0.05, 0.1) is 5.69 Å². The fourth-order valence-electron chi connectivity index (χ4n) is 4.33. The molecule has 0 bridgehead atoms. The van der Waals surface area contributed by atoms with Gasteiger partial charge in [-0.25, -0.2) is 19.3 Å². The highest BCUT2D eigenvalue weighted by Crippen LogP contribution is 2.32. The molecule has 0 aliphatic heterocycles. The first-order chi connectivity index (χ1) is 19.4. The number of carbonyl (C=O) groups is 1. The van der Waals surface area contributed by atoms with Gasteiger partial charge in [-0.1, -0.05) is 56.3 Å². The molecule has 2 aromatic heterocycles. The van der Waals surface area contributed by atoms with Crippen LogP contribution in [0.25, 0.3) is 11.1 Å². The number of tetrazole rings is 1.